The zero-order valence-corrected chi connectivity index (χ0v) is 10.7. The van der Waals surface area contributed by atoms with Crippen LogP contribution >= 0.6 is 0 Å². The molecule has 1 aliphatic heterocycles. The van der Waals surface area contributed by atoms with E-state index in [-0.39, 0.29) is 12.0 Å². The molecule has 16 heavy (non-hydrogen) atoms. The van der Waals surface area contributed by atoms with Crippen LogP contribution in [0.4, 0.5) is 0 Å². The van der Waals surface area contributed by atoms with Crippen LogP contribution in [0, 0.1) is 0 Å². The van der Waals surface area contributed by atoms with Crippen LogP contribution in [0.1, 0.15) is 26.7 Å². The predicted octanol–water partition coefficient (Wildman–Crippen LogP) is -0.207. The maximum Gasteiger partial charge on any atom is 0.243 e. The molecule has 0 unspecified atom stereocenters. The second kappa shape index (κ2) is 4.33. The Labute approximate surface area is 96.4 Å². The molecule has 1 heterocycles. The van der Waals surface area contributed by atoms with Gasteiger partial charge in [-0.25, -0.2) is 8.42 Å². The third-order valence-electron chi connectivity index (χ3n) is 3.19. The van der Waals surface area contributed by atoms with Gasteiger partial charge in [-0.05, 0) is 26.7 Å². The standard InChI is InChI=1S/C10H19NO4S/c1-10(2,16(3,14)15)9(13)11-6-4-8(12)5-7-11/h8,12H,4-7H2,1-3H3. The lowest BCUT2D eigenvalue weighted by atomic mass is 10.1. The molecular formula is C10H19NO4S. The number of carbonyl (C=O) groups is 1. The van der Waals surface area contributed by atoms with Crippen LogP contribution in [-0.2, 0) is 14.6 Å². The molecule has 94 valence electrons. The molecule has 0 aromatic carbocycles. The predicted molar refractivity (Wildman–Crippen MR) is 60.7 cm³/mol. The first kappa shape index (κ1) is 13.4. The Bertz CT molecular complexity index is 366. The van der Waals surface area contributed by atoms with Gasteiger partial charge in [-0.2, -0.15) is 0 Å². The van der Waals surface area contributed by atoms with E-state index in [2.05, 4.69) is 0 Å². The summed E-state index contributed by atoms with van der Waals surface area (Å²) in [6, 6.07) is 0. The van der Waals surface area contributed by atoms with Gasteiger partial charge in [-0.3, -0.25) is 4.79 Å². The summed E-state index contributed by atoms with van der Waals surface area (Å²) >= 11 is 0. The summed E-state index contributed by atoms with van der Waals surface area (Å²) in [5.74, 6) is -0.373. The van der Waals surface area contributed by atoms with Crippen molar-refractivity contribution in [2.24, 2.45) is 0 Å². The minimum absolute atomic E-state index is 0.370. The van der Waals surface area contributed by atoms with Crippen molar-refractivity contribution in [2.75, 3.05) is 19.3 Å². The van der Waals surface area contributed by atoms with Gasteiger partial charge in [0.1, 0.15) is 4.75 Å². The summed E-state index contributed by atoms with van der Waals surface area (Å²) in [6.45, 7) is 3.71. The zero-order valence-electron chi connectivity index (χ0n) is 9.93. The molecule has 0 bridgehead atoms. The fourth-order valence-electron chi connectivity index (χ4n) is 1.61. The number of aliphatic hydroxyl groups is 1. The quantitative estimate of drug-likeness (QED) is 0.735. The molecule has 6 heteroatoms. The maximum absolute atomic E-state index is 12.0. The van der Waals surface area contributed by atoms with Crippen molar-refractivity contribution >= 4 is 15.7 Å². The topological polar surface area (TPSA) is 74.7 Å². The van der Waals surface area contributed by atoms with Crippen molar-refractivity contribution in [3.8, 4) is 0 Å². The second-order valence-corrected chi connectivity index (χ2v) is 7.37. The molecule has 0 aromatic rings. The molecule has 0 radical (unpaired) electrons. The summed E-state index contributed by atoms with van der Waals surface area (Å²) in [4.78, 5) is 13.6. The summed E-state index contributed by atoms with van der Waals surface area (Å²) in [5.41, 5.74) is 0. The van der Waals surface area contributed by atoms with E-state index in [4.69, 9.17) is 0 Å². The average molecular weight is 249 g/mol. The smallest absolute Gasteiger partial charge is 0.243 e. The number of likely N-dealkylation sites (tertiary alicyclic amines) is 1. The van der Waals surface area contributed by atoms with Gasteiger partial charge < -0.3 is 10.0 Å². The highest BCUT2D eigenvalue weighted by molar-refractivity contribution is 7.92. The van der Waals surface area contributed by atoms with E-state index >= 15 is 0 Å². The Kier molecular flexibility index (Phi) is 3.64. The van der Waals surface area contributed by atoms with E-state index in [0.717, 1.165) is 6.26 Å². The van der Waals surface area contributed by atoms with Crippen LogP contribution in [0.15, 0.2) is 0 Å². The van der Waals surface area contributed by atoms with E-state index < -0.39 is 14.6 Å². The third kappa shape index (κ3) is 2.55. The number of sulfone groups is 1. The summed E-state index contributed by atoms with van der Waals surface area (Å²) in [6.07, 6.45) is 1.74. The normalized spacial score (nSPS) is 19.9. The van der Waals surface area contributed by atoms with Crippen LogP contribution < -0.4 is 0 Å². The lowest BCUT2D eigenvalue weighted by molar-refractivity contribution is -0.135. The molecule has 1 fully saturated rings. The highest BCUT2D eigenvalue weighted by atomic mass is 32.2. The van der Waals surface area contributed by atoms with Gasteiger partial charge in [0, 0.05) is 19.3 Å². The van der Waals surface area contributed by atoms with E-state index in [1.807, 2.05) is 0 Å². The van der Waals surface area contributed by atoms with Crippen LogP contribution in [0.25, 0.3) is 0 Å². The Hall–Kier alpha value is -0.620. The first-order valence-corrected chi connectivity index (χ1v) is 7.22. The van der Waals surface area contributed by atoms with Crippen LogP contribution in [0.2, 0.25) is 0 Å². The van der Waals surface area contributed by atoms with E-state index in [1.165, 1.54) is 18.7 Å². The summed E-state index contributed by atoms with van der Waals surface area (Å²) < 4.78 is 21.6. The SMILES string of the molecule is CC(C)(C(=O)N1CCC(O)CC1)S(C)(=O)=O. The molecular weight excluding hydrogens is 230 g/mol. The summed E-state index contributed by atoms with van der Waals surface area (Å²) in [5, 5.41) is 9.32. The van der Waals surface area contributed by atoms with E-state index in [1.54, 1.807) is 0 Å². The van der Waals surface area contributed by atoms with E-state index in [0.29, 0.717) is 25.9 Å². The first-order chi connectivity index (χ1) is 7.16. The molecule has 1 N–H and O–H groups in total. The minimum Gasteiger partial charge on any atom is -0.393 e. The van der Waals surface area contributed by atoms with Gasteiger partial charge >= 0.3 is 0 Å². The van der Waals surface area contributed by atoms with Gasteiger partial charge in [-0.15, -0.1) is 0 Å². The molecule has 0 aromatic heterocycles. The first-order valence-electron chi connectivity index (χ1n) is 5.33. The van der Waals surface area contributed by atoms with Gasteiger partial charge in [0.15, 0.2) is 9.84 Å². The van der Waals surface area contributed by atoms with Crippen molar-refractivity contribution in [3.63, 3.8) is 0 Å². The van der Waals surface area contributed by atoms with Crippen molar-refractivity contribution in [2.45, 2.75) is 37.5 Å². The summed E-state index contributed by atoms with van der Waals surface area (Å²) in [7, 11) is -3.42. The Morgan fingerprint density at radius 2 is 1.75 bits per heavy atom. The van der Waals surface area contributed by atoms with Crippen molar-refractivity contribution in [1.82, 2.24) is 4.90 Å². The lowest BCUT2D eigenvalue weighted by Crippen LogP contribution is -2.52. The van der Waals surface area contributed by atoms with E-state index in [9.17, 15) is 18.3 Å². The molecule has 1 aliphatic rings. The Balaban J connectivity index is 2.79. The third-order valence-corrected chi connectivity index (χ3v) is 5.22. The lowest BCUT2D eigenvalue weighted by Gasteiger charge is -2.34. The minimum atomic E-state index is -3.42. The van der Waals surface area contributed by atoms with Crippen molar-refractivity contribution < 1.29 is 18.3 Å². The average Bonchev–Trinajstić information content (AvgIpc) is 2.16. The zero-order chi connectivity index (χ0) is 12.6. The number of hydrogen-bond donors (Lipinski definition) is 1. The molecule has 5 nitrogen and oxygen atoms in total. The molecule has 1 rings (SSSR count). The number of hydrogen-bond acceptors (Lipinski definition) is 4. The Morgan fingerprint density at radius 3 is 2.12 bits per heavy atom. The van der Waals surface area contributed by atoms with Crippen LogP contribution in [0.5, 0.6) is 0 Å². The number of nitrogens with zero attached hydrogens (tertiary/aromatic N) is 1. The van der Waals surface area contributed by atoms with Gasteiger partial charge in [0.25, 0.3) is 0 Å². The number of rotatable bonds is 2. The van der Waals surface area contributed by atoms with Crippen molar-refractivity contribution in [3.05, 3.63) is 0 Å². The molecule has 1 saturated heterocycles. The molecule has 0 saturated carbocycles. The maximum atomic E-state index is 12.0. The highest BCUT2D eigenvalue weighted by Gasteiger charge is 2.41. The molecule has 0 aliphatic carbocycles. The fourth-order valence-corrected chi connectivity index (χ4v) is 2.05. The molecule has 0 spiro atoms. The number of aliphatic hydroxyl groups excluding tert-OH is 1. The van der Waals surface area contributed by atoms with Gasteiger partial charge in [-0.1, -0.05) is 0 Å². The van der Waals surface area contributed by atoms with Crippen molar-refractivity contribution in [1.29, 1.82) is 0 Å². The Morgan fingerprint density at radius 1 is 1.31 bits per heavy atom. The largest absolute Gasteiger partial charge is 0.393 e. The van der Waals surface area contributed by atoms with Crippen LogP contribution in [-0.4, -0.2) is 54.5 Å². The monoisotopic (exact) mass is 249 g/mol. The number of piperidine rings is 1. The second-order valence-electron chi connectivity index (χ2n) is 4.81. The highest BCUT2D eigenvalue weighted by Crippen LogP contribution is 2.21. The van der Waals surface area contributed by atoms with Gasteiger partial charge in [0.05, 0.1) is 6.10 Å². The molecule has 0 atom stereocenters. The fraction of sp³-hybridized carbons (Fsp3) is 0.900. The van der Waals surface area contributed by atoms with Gasteiger partial charge in [0.2, 0.25) is 5.91 Å². The molecule has 1 amide bonds. The number of carbonyl (C=O) groups excluding carboxylic acids is 1. The number of amides is 1. The van der Waals surface area contributed by atoms with Crippen LogP contribution in [0.3, 0.4) is 0 Å².